The van der Waals surface area contributed by atoms with Gasteiger partial charge in [0.1, 0.15) is 16.5 Å². The lowest BCUT2D eigenvalue weighted by Gasteiger charge is -2.16. The van der Waals surface area contributed by atoms with E-state index in [0.717, 1.165) is 22.5 Å². The van der Waals surface area contributed by atoms with E-state index in [-0.39, 0.29) is 17.4 Å². The maximum atomic E-state index is 12.4. The molecule has 1 heterocycles. The first-order chi connectivity index (χ1) is 14.0. The van der Waals surface area contributed by atoms with Crippen molar-refractivity contribution in [3.63, 3.8) is 0 Å². The third kappa shape index (κ3) is 3.61. The molecule has 1 aromatic heterocycles. The third-order valence-electron chi connectivity index (χ3n) is 5.06. The summed E-state index contributed by atoms with van der Waals surface area (Å²) >= 11 is 1.06. The molecule has 29 heavy (non-hydrogen) atoms. The number of carboxylic acids is 1. The summed E-state index contributed by atoms with van der Waals surface area (Å²) in [6, 6.07) is 15.9. The number of alkyl carbamates (subject to hydrolysis) is 1. The summed E-state index contributed by atoms with van der Waals surface area (Å²) in [5.74, 6) is -1.02. The Morgan fingerprint density at radius 2 is 1.72 bits per heavy atom. The molecule has 0 bridgehead atoms. The van der Waals surface area contributed by atoms with E-state index >= 15 is 0 Å². The predicted octanol–water partition coefficient (Wildman–Crippen LogP) is 4.75. The van der Waals surface area contributed by atoms with E-state index in [1.54, 1.807) is 13.8 Å². The molecular formula is C22H20N2O4S. The first-order valence-corrected chi connectivity index (χ1v) is 10.1. The Morgan fingerprint density at radius 1 is 1.14 bits per heavy atom. The van der Waals surface area contributed by atoms with Gasteiger partial charge in [0, 0.05) is 5.92 Å². The van der Waals surface area contributed by atoms with Crippen molar-refractivity contribution in [1.82, 2.24) is 10.3 Å². The highest BCUT2D eigenvalue weighted by molar-refractivity contribution is 7.13. The van der Waals surface area contributed by atoms with E-state index < -0.39 is 18.1 Å². The van der Waals surface area contributed by atoms with Crippen molar-refractivity contribution >= 4 is 23.4 Å². The largest absolute Gasteiger partial charge is 0.477 e. The Labute approximate surface area is 172 Å². The molecule has 0 aliphatic heterocycles. The summed E-state index contributed by atoms with van der Waals surface area (Å²) in [4.78, 5) is 28.0. The Balaban J connectivity index is 1.44. The van der Waals surface area contributed by atoms with Crippen molar-refractivity contribution in [2.24, 2.45) is 0 Å². The number of ether oxygens (including phenoxy) is 1. The van der Waals surface area contributed by atoms with E-state index in [1.165, 1.54) is 11.1 Å². The second-order valence-electron chi connectivity index (χ2n) is 6.96. The standard InChI is InChI=1S/C22H20N2O4S/c1-12-19(21(25)26)29-20(23-12)13(2)24-22(27)28-11-18-16-9-5-3-7-14(16)15-8-4-6-10-17(15)18/h3-10,13,18H,11H2,1-2H3,(H,24,27)(H,25,26). The molecule has 0 saturated carbocycles. The van der Waals surface area contributed by atoms with Crippen molar-refractivity contribution in [2.45, 2.75) is 25.8 Å². The van der Waals surface area contributed by atoms with Crippen LogP contribution in [-0.4, -0.2) is 28.8 Å². The number of carbonyl (C=O) groups is 2. The average Bonchev–Trinajstić information content (AvgIpc) is 3.25. The van der Waals surface area contributed by atoms with Crippen LogP contribution < -0.4 is 5.32 Å². The molecule has 3 aromatic rings. The fourth-order valence-electron chi connectivity index (χ4n) is 3.68. The van der Waals surface area contributed by atoms with Crippen molar-refractivity contribution in [2.75, 3.05) is 6.61 Å². The number of rotatable bonds is 5. The first kappa shape index (κ1) is 19.1. The smallest absolute Gasteiger partial charge is 0.407 e. The number of nitrogens with zero attached hydrogens (tertiary/aromatic N) is 1. The molecule has 1 aliphatic rings. The number of carboxylic acid groups (broad SMARTS) is 1. The van der Waals surface area contributed by atoms with Gasteiger partial charge in [-0.1, -0.05) is 48.5 Å². The minimum absolute atomic E-state index is 0.0100. The van der Waals surface area contributed by atoms with Crippen LogP contribution in [0.25, 0.3) is 11.1 Å². The van der Waals surface area contributed by atoms with E-state index in [2.05, 4.69) is 34.6 Å². The maximum absolute atomic E-state index is 12.4. The van der Waals surface area contributed by atoms with E-state index in [0.29, 0.717) is 10.7 Å². The highest BCUT2D eigenvalue weighted by Crippen LogP contribution is 2.44. The summed E-state index contributed by atoms with van der Waals surface area (Å²) in [5.41, 5.74) is 5.08. The molecule has 6 nitrogen and oxygen atoms in total. The molecule has 1 amide bonds. The van der Waals surface area contributed by atoms with Crippen molar-refractivity contribution in [3.05, 3.63) is 75.2 Å². The fourth-order valence-corrected chi connectivity index (χ4v) is 4.59. The lowest BCUT2D eigenvalue weighted by atomic mass is 9.98. The quantitative estimate of drug-likeness (QED) is 0.636. The molecule has 1 atom stereocenters. The number of aromatic carboxylic acids is 1. The van der Waals surface area contributed by atoms with Gasteiger partial charge in [-0.3, -0.25) is 0 Å². The zero-order valence-corrected chi connectivity index (χ0v) is 16.8. The summed E-state index contributed by atoms with van der Waals surface area (Å²) in [5, 5.41) is 12.4. The van der Waals surface area contributed by atoms with Crippen molar-refractivity contribution in [1.29, 1.82) is 0 Å². The maximum Gasteiger partial charge on any atom is 0.407 e. The second-order valence-corrected chi connectivity index (χ2v) is 7.99. The Kier molecular flexibility index (Phi) is 5.07. The van der Waals surface area contributed by atoms with Gasteiger partial charge < -0.3 is 15.2 Å². The summed E-state index contributed by atoms with van der Waals surface area (Å²) in [6.45, 7) is 3.62. The molecule has 1 aliphatic carbocycles. The third-order valence-corrected chi connectivity index (χ3v) is 6.38. The number of thiazole rings is 1. The minimum atomic E-state index is -1.01. The van der Waals surface area contributed by atoms with Gasteiger partial charge in [0.25, 0.3) is 0 Å². The zero-order valence-electron chi connectivity index (χ0n) is 16.0. The number of benzene rings is 2. The van der Waals surface area contributed by atoms with Gasteiger partial charge in [-0.05, 0) is 36.1 Å². The van der Waals surface area contributed by atoms with Gasteiger partial charge in [0.15, 0.2) is 0 Å². The van der Waals surface area contributed by atoms with Crippen LogP contribution in [0.2, 0.25) is 0 Å². The van der Waals surface area contributed by atoms with Gasteiger partial charge in [0.2, 0.25) is 0 Å². The number of aromatic nitrogens is 1. The number of aryl methyl sites for hydroxylation is 1. The van der Waals surface area contributed by atoms with Gasteiger partial charge in [-0.15, -0.1) is 11.3 Å². The molecule has 0 saturated heterocycles. The SMILES string of the molecule is Cc1nc(C(C)NC(=O)OCC2c3ccccc3-c3ccccc32)sc1C(=O)O. The first-order valence-electron chi connectivity index (χ1n) is 9.28. The Hall–Kier alpha value is -3.19. The van der Waals surface area contributed by atoms with Crippen LogP contribution in [0.15, 0.2) is 48.5 Å². The highest BCUT2D eigenvalue weighted by Gasteiger charge is 2.29. The summed E-state index contributed by atoms with van der Waals surface area (Å²) in [7, 11) is 0. The van der Waals surface area contributed by atoms with Crippen molar-refractivity contribution < 1.29 is 19.4 Å². The van der Waals surface area contributed by atoms with Crippen LogP contribution >= 0.6 is 11.3 Å². The van der Waals surface area contributed by atoms with E-state index in [1.807, 2.05) is 24.3 Å². The molecule has 0 fully saturated rings. The fraction of sp³-hybridized carbons (Fsp3) is 0.227. The van der Waals surface area contributed by atoms with E-state index in [9.17, 15) is 9.59 Å². The molecule has 2 aromatic carbocycles. The Bertz CT molecular complexity index is 1050. The second kappa shape index (κ2) is 7.67. The monoisotopic (exact) mass is 408 g/mol. The lowest BCUT2D eigenvalue weighted by Crippen LogP contribution is -2.28. The molecular weight excluding hydrogens is 388 g/mol. The molecule has 0 spiro atoms. The average molecular weight is 408 g/mol. The van der Waals surface area contributed by atoms with Crippen LogP contribution in [0, 0.1) is 6.92 Å². The van der Waals surface area contributed by atoms with Gasteiger partial charge in [0.05, 0.1) is 11.7 Å². The van der Waals surface area contributed by atoms with Gasteiger partial charge >= 0.3 is 12.1 Å². The van der Waals surface area contributed by atoms with Crippen LogP contribution in [0.3, 0.4) is 0 Å². The number of carbonyl (C=O) groups excluding carboxylic acids is 1. The minimum Gasteiger partial charge on any atom is -0.477 e. The molecule has 2 N–H and O–H groups in total. The summed E-state index contributed by atoms with van der Waals surface area (Å²) in [6.07, 6.45) is -0.552. The predicted molar refractivity (Wildman–Crippen MR) is 110 cm³/mol. The number of nitrogens with one attached hydrogen (secondary N) is 1. The summed E-state index contributed by atoms with van der Waals surface area (Å²) < 4.78 is 5.53. The van der Waals surface area contributed by atoms with Crippen LogP contribution in [-0.2, 0) is 4.74 Å². The normalized spacial score (nSPS) is 13.4. The topological polar surface area (TPSA) is 88.5 Å². The van der Waals surface area contributed by atoms with E-state index in [4.69, 9.17) is 9.84 Å². The molecule has 0 radical (unpaired) electrons. The van der Waals surface area contributed by atoms with Crippen LogP contribution in [0.1, 0.15) is 50.4 Å². The van der Waals surface area contributed by atoms with Gasteiger partial charge in [-0.25, -0.2) is 14.6 Å². The van der Waals surface area contributed by atoms with Crippen LogP contribution in [0.5, 0.6) is 0 Å². The van der Waals surface area contributed by atoms with Crippen molar-refractivity contribution in [3.8, 4) is 11.1 Å². The number of fused-ring (bicyclic) bond motifs is 3. The molecule has 7 heteroatoms. The zero-order chi connectivity index (χ0) is 20.5. The number of hydrogen-bond acceptors (Lipinski definition) is 5. The number of hydrogen-bond donors (Lipinski definition) is 2. The van der Waals surface area contributed by atoms with Crippen LogP contribution in [0.4, 0.5) is 4.79 Å². The van der Waals surface area contributed by atoms with Gasteiger partial charge in [-0.2, -0.15) is 0 Å². The highest BCUT2D eigenvalue weighted by atomic mass is 32.1. The molecule has 148 valence electrons. The Morgan fingerprint density at radius 3 is 2.28 bits per heavy atom. The molecule has 1 unspecified atom stereocenters. The lowest BCUT2D eigenvalue weighted by molar-refractivity contribution is 0.0701. The number of amides is 1. The molecule has 4 rings (SSSR count).